The number of hydrogen-bond acceptors (Lipinski definition) is 4. The highest BCUT2D eigenvalue weighted by Crippen LogP contribution is 2.14. The van der Waals surface area contributed by atoms with Crippen LogP contribution in [0.1, 0.15) is 18.4 Å². The summed E-state index contributed by atoms with van der Waals surface area (Å²) in [7, 11) is 0. The first kappa shape index (κ1) is 12.5. The number of nitrogens with two attached hydrogens (primary N) is 3. The van der Waals surface area contributed by atoms with Gasteiger partial charge in [0, 0.05) is 12.4 Å². The van der Waals surface area contributed by atoms with Gasteiger partial charge in [-0.2, -0.15) is 0 Å². The summed E-state index contributed by atoms with van der Waals surface area (Å²) in [5.74, 6) is 5.73. The Balaban J connectivity index is 2.53. The molecular formula is C12H20N4. The van der Waals surface area contributed by atoms with Crippen LogP contribution in [0, 0.1) is 0 Å². The van der Waals surface area contributed by atoms with Gasteiger partial charge in [0.15, 0.2) is 0 Å². The summed E-state index contributed by atoms with van der Waals surface area (Å²) in [6.45, 7) is 0.760. The molecule has 1 aromatic carbocycles. The van der Waals surface area contributed by atoms with E-state index in [1.54, 1.807) is 6.20 Å². The van der Waals surface area contributed by atoms with Gasteiger partial charge >= 0.3 is 0 Å². The lowest BCUT2D eigenvalue weighted by molar-refractivity contribution is 0.745. The third kappa shape index (κ3) is 3.92. The van der Waals surface area contributed by atoms with Crippen LogP contribution in [0.5, 0.6) is 0 Å². The molecule has 0 aromatic heterocycles. The summed E-state index contributed by atoms with van der Waals surface area (Å²) in [6.07, 6.45) is 6.29. The number of hydrogen-bond donors (Lipinski definition) is 3. The Bertz CT molecular complexity index is 318. The highest BCUT2D eigenvalue weighted by molar-refractivity contribution is 5.48. The topological polar surface area (TPSA) is 81.3 Å². The highest BCUT2D eigenvalue weighted by Gasteiger charge is 1.98. The van der Waals surface area contributed by atoms with Gasteiger partial charge < -0.3 is 11.5 Å². The zero-order valence-corrected chi connectivity index (χ0v) is 9.47. The zero-order chi connectivity index (χ0) is 11.8. The fourth-order valence-corrected chi connectivity index (χ4v) is 1.49. The molecule has 0 fully saturated rings. The summed E-state index contributed by atoms with van der Waals surface area (Å²) < 4.78 is 0. The summed E-state index contributed by atoms with van der Waals surface area (Å²) in [5.41, 5.74) is 12.9. The Kier molecular flexibility index (Phi) is 5.39. The SMILES string of the molecule is N/C=C\N(N)c1ccc(CCCCN)cc1. The van der Waals surface area contributed by atoms with Crippen LogP contribution in [-0.4, -0.2) is 6.54 Å². The standard InChI is InChI=1S/C12H20N4/c13-8-2-1-3-11-4-6-12(7-5-11)16(15)10-9-14/h4-7,9-10H,1-3,8,13-15H2/b10-9-. The van der Waals surface area contributed by atoms with E-state index in [2.05, 4.69) is 12.1 Å². The van der Waals surface area contributed by atoms with Gasteiger partial charge in [-0.25, -0.2) is 5.84 Å². The van der Waals surface area contributed by atoms with E-state index in [0.717, 1.165) is 31.5 Å². The van der Waals surface area contributed by atoms with E-state index in [9.17, 15) is 0 Å². The van der Waals surface area contributed by atoms with Crippen molar-refractivity contribution in [1.29, 1.82) is 0 Å². The van der Waals surface area contributed by atoms with Crippen molar-refractivity contribution >= 4 is 5.69 Å². The molecule has 0 amide bonds. The normalized spacial score (nSPS) is 10.9. The number of unbranched alkanes of at least 4 members (excludes halogenated alkanes) is 1. The van der Waals surface area contributed by atoms with Crippen LogP contribution < -0.4 is 22.3 Å². The Morgan fingerprint density at radius 3 is 2.38 bits per heavy atom. The third-order valence-electron chi connectivity index (χ3n) is 2.40. The summed E-state index contributed by atoms with van der Waals surface area (Å²) in [4.78, 5) is 0. The molecular weight excluding hydrogens is 200 g/mol. The van der Waals surface area contributed by atoms with Crippen molar-refractivity contribution in [3.8, 4) is 0 Å². The Labute approximate surface area is 96.7 Å². The van der Waals surface area contributed by atoms with Gasteiger partial charge in [0.25, 0.3) is 0 Å². The molecule has 0 aliphatic rings. The van der Waals surface area contributed by atoms with E-state index in [1.807, 2.05) is 12.1 Å². The second-order valence-electron chi connectivity index (χ2n) is 3.66. The van der Waals surface area contributed by atoms with Crippen LogP contribution in [-0.2, 0) is 6.42 Å². The van der Waals surface area contributed by atoms with Crippen molar-refractivity contribution in [2.24, 2.45) is 17.3 Å². The molecule has 6 N–H and O–H groups in total. The van der Waals surface area contributed by atoms with Gasteiger partial charge in [-0.1, -0.05) is 12.1 Å². The Morgan fingerprint density at radius 2 is 1.81 bits per heavy atom. The quantitative estimate of drug-likeness (QED) is 0.380. The monoisotopic (exact) mass is 220 g/mol. The molecule has 4 nitrogen and oxygen atoms in total. The molecule has 0 bridgehead atoms. The minimum atomic E-state index is 0.760. The van der Waals surface area contributed by atoms with Gasteiger partial charge in [0.1, 0.15) is 0 Å². The van der Waals surface area contributed by atoms with Crippen molar-refractivity contribution in [3.63, 3.8) is 0 Å². The van der Waals surface area contributed by atoms with Crippen LogP contribution in [0.4, 0.5) is 5.69 Å². The van der Waals surface area contributed by atoms with Crippen molar-refractivity contribution in [3.05, 3.63) is 42.2 Å². The number of aryl methyl sites for hydroxylation is 1. The molecule has 16 heavy (non-hydrogen) atoms. The molecule has 0 aliphatic carbocycles. The van der Waals surface area contributed by atoms with Crippen LogP contribution in [0.3, 0.4) is 0 Å². The molecule has 1 aromatic rings. The first-order valence-electron chi connectivity index (χ1n) is 5.49. The first-order chi connectivity index (χ1) is 7.77. The maximum atomic E-state index is 5.73. The van der Waals surface area contributed by atoms with Crippen molar-refractivity contribution in [2.75, 3.05) is 11.6 Å². The molecule has 0 spiro atoms. The second kappa shape index (κ2) is 6.87. The molecule has 0 saturated carbocycles. The maximum absolute atomic E-state index is 5.73. The summed E-state index contributed by atoms with van der Waals surface area (Å²) in [6, 6.07) is 8.13. The molecule has 4 heteroatoms. The fraction of sp³-hybridized carbons (Fsp3) is 0.333. The van der Waals surface area contributed by atoms with Gasteiger partial charge in [-0.05, 0) is 43.5 Å². The van der Waals surface area contributed by atoms with E-state index in [4.69, 9.17) is 17.3 Å². The van der Waals surface area contributed by atoms with Crippen molar-refractivity contribution in [2.45, 2.75) is 19.3 Å². The van der Waals surface area contributed by atoms with Crippen LogP contribution in [0.25, 0.3) is 0 Å². The van der Waals surface area contributed by atoms with Gasteiger partial charge in [-0.3, -0.25) is 5.01 Å². The minimum Gasteiger partial charge on any atom is -0.403 e. The maximum Gasteiger partial charge on any atom is 0.0569 e. The number of nitrogens with zero attached hydrogens (tertiary/aromatic N) is 1. The Hall–Kier alpha value is -1.52. The van der Waals surface area contributed by atoms with Crippen LogP contribution >= 0.6 is 0 Å². The van der Waals surface area contributed by atoms with E-state index >= 15 is 0 Å². The average molecular weight is 220 g/mol. The summed E-state index contributed by atoms with van der Waals surface area (Å²) in [5, 5.41) is 1.49. The first-order valence-corrected chi connectivity index (χ1v) is 5.49. The molecule has 0 heterocycles. The molecule has 0 atom stereocenters. The molecule has 0 radical (unpaired) electrons. The van der Waals surface area contributed by atoms with Crippen molar-refractivity contribution in [1.82, 2.24) is 0 Å². The average Bonchev–Trinajstić information content (AvgIpc) is 2.30. The number of anilines is 1. The lowest BCUT2D eigenvalue weighted by atomic mass is 10.1. The van der Waals surface area contributed by atoms with E-state index in [0.29, 0.717) is 0 Å². The van der Waals surface area contributed by atoms with Crippen LogP contribution in [0.2, 0.25) is 0 Å². The second-order valence-corrected chi connectivity index (χ2v) is 3.66. The van der Waals surface area contributed by atoms with E-state index < -0.39 is 0 Å². The highest BCUT2D eigenvalue weighted by atomic mass is 15.4. The molecule has 0 saturated heterocycles. The number of benzene rings is 1. The summed E-state index contributed by atoms with van der Waals surface area (Å²) >= 11 is 0. The predicted molar refractivity (Wildman–Crippen MR) is 68.4 cm³/mol. The largest absolute Gasteiger partial charge is 0.403 e. The zero-order valence-electron chi connectivity index (χ0n) is 9.47. The minimum absolute atomic E-state index is 0.760. The molecule has 88 valence electrons. The van der Waals surface area contributed by atoms with E-state index in [-0.39, 0.29) is 0 Å². The number of rotatable bonds is 6. The molecule has 1 rings (SSSR count). The van der Waals surface area contributed by atoms with Crippen molar-refractivity contribution < 1.29 is 0 Å². The lowest BCUT2D eigenvalue weighted by Crippen LogP contribution is -2.24. The van der Waals surface area contributed by atoms with Gasteiger partial charge in [-0.15, -0.1) is 0 Å². The van der Waals surface area contributed by atoms with Gasteiger partial charge in [0.05, 0.1) is 5.69 Å². The van der Waals surface area contributed by atoms with E-state index in [1.165, 1.54) is 16.8 Å². The third-order valence-corrected chi connectivity index (χ3v) is 2.40. The number of hydrazine groups is 1. The predicted octanol–water partition coefficient (Wildman–Crippen LogP) is 1.08. The smallest absolute Gasteiger partial charge is 0.0569 e. The lowest BCUT2D eigenvalue weighted by Gasteiger charge is -2.13. The Morgan fingerprint density at radius 1 is 1.12 bits per heavy atom. The van der Waals surface area contributed by atoms with Crippen LogP contribution in [0.15, 0.2) is 36.7 Å². The molecule has 0 unspecified atom stereocenters. The molecule has 0 aliphatic heterocycles. The van der Waals surface area contributed by atoms with Gasteiger partial charge in [0.2, 0.25) is 0 Å². The fourth-order valence-electron chi connectivity index (χ4n) is 1.49.